The van der Waals surface area contributed by atoms with Crippen LogP contribution in [0.2, 0.25) is 0 Å². The largest absolute Gasteiger partial charge is 0.369 e. The van der Waals surface area contributed by atoms with Gasteiger partial charge in [-0.3, -0.25) is 4.79 Å². The smallest absolute Gasteiger partial charge is 0.220 e. The van der Waals surface area contributed by atoms with Crippen molar-refractivity contribution in [2.24, 2.45) is 11.7 Å². The molecule has 3 N–H and O–H groups in total. The number of aromatic nitrogens is 1. The van der Waals surface area contributed by atoms with Gasteiger partial charge in [-0.05, 0) is 37.0 Å². The van der Waals surface area contributed by atoms with Gasteiger partial charge >= 0.3 is 0 Å². The Kier molecular flexibility index (Phi) is 5.17. The van der Waals surface area contributed by atoms with Gasteiger partial charge in [0.05, 0.1) is 0 Å². The molecule has 1 aliphatic heterocycles. The van der Waals surface area contributed by atoms with Crippen molar-refractivity contribution in [1.29, 1.82) is 0 Å². The predicted octanol–water partition coefficient (Wildman–Crippen LogP) is 1.59. The lowest BCUT2D eigenvalue weighted by atomic mass is 9.96. The molecule has 1 aromatic rings. The van der Waals surface area contributed by atoms with Crippen LogP contribution < -0.4 is 16.0 Å². The molecule has 1 aromatic heterocycles. The quantitative estimate of drug-likeness (QED) is 0.864. The zero-order valence-electron chi connectivity index (χ0n) is 13.2. The van der Waals surface area contributed by atoms with Gasteiger partial charge in [0, 0.05) is 37.8 Å². The Labute approximate surface area is 126 Å². The van der Waals surface area contributed by atoms with Gasteiger partial charge in [0.2, 0.25) is 5.91 Å². The number of piperidine rings is 1. The summed E-state index contributed by atoms with van der Waals surface area (Å²) in [5.41, 5.74) is 7.77. The Morgan fingerprint density at radius 2 is 2.14 bits per heavy atom. The summed E-state index contributed by atoms with van der Waals surface area (Å²) in [6.07, 6.45) is 3.60. The van der Waals surface area contributed by atoms with E-state index in [1.807, 2.05) is 6.20 Å². The van der Waals surface area contributed by atoms with Crippen LogP contribution in [0.15, 0.2) is 12.3 Å². The van der Waals surface area contributed by atoms with Crippen molar-refractivity contribution in [1.82, 2.24) is 10.3 Å². The van der Waals surface area contributed by atoms with Crippen molar-refractivity contribution in [3.8, 4) is 0 Å². The molecule has 21 heavy (non-hydrogen) atoms. The monoisotopic (exact) mass is 290 g/mol. The molecule has 5 nitrogen and oxygen atoms in total. The predicted molar refractivity (Wildman–Crippen MR) is 85.1 cm³/mol. The highest BCUT2D eigenvalue weighted by Crippen LogP contribution is 2.24. The van der Waals surface area contributed by atoms with Gasteiger partial charge in [0.1, 0.15) is 5.82 Å². The highest BCUT2D eigenvalue weighted by Gasteiger charge is 2.24. The van der Waals surface area contributed by atoms with Crippen LogP contribution in [0.25, 0.3) is 0 Å². The summed E-state index contributed by atoms with van der Waals surface area (Å²) in [7, 11) is 0. The maximum Gasteiger partial charge on any atom is 0.220 e. The van der Waals surface area contributed by atoms with Crippen molar-refractivity contribution >= 4 is 11.7 Å². The minimum absolute atomic E-state index is 0.0241. The third-order valence-corrected chi connectivity index (χ3v) is 4.02. The average molecular weight is 290 g/mol. The van der Waals surface area contributed by atoms with Crippen LogP contribution in [0.1, 0.15) is 37.8 Å². The first kappa shape index (κ1) is 15.8. The van der Waals surface area contributed by atoms with E-state index in [0.717, 1.165) is 38.3 Å². The molecule has 0 spiro atoms. The van der Waals surface area contributed by atoms with Crippen LogP contribution in [-0.2, 0) is 11.3 Å². The number of primary amides is 1. The molecule has 1 fully saturated rings. The summed E-state index contributed by atoms with van der Waals surface area (Å²) in [4.78, 5) is 18.1. The third-order valence-electron chi connectivity index (χ3n) is 4.02. The Bertz CT molecular complexity index is 493. The lowest BCUT2D eigenvalue weighted by molar-refractivity contribution is -0.122. The van der Waals surface area contributed by atoms with Gasteiger partial charge in [-0.2, -0.15) is 0 Å². The molecule has 1 amide bonds. The Morgan fingerprint density at radius 3 is 2.67 bits per heavy atom. The fourth-order valence-corrected chi connectivity index (χ4v) is 2.75. The number of amides is 1. The second-order valence-electron chi connectivity index (χ2n) is 6.18. The molecule has 0 aliphatic carbocycles. The summed E-state index contributed by atoms with van der Waals surface area (Å²) >= 11 is 0. The fraction of sp³-hybridized carbons (Fsp3) is 0.625. The van der Waals surface area contributed by atoms with Crippen molar-refractivity contribution < 1.29 is 4.79 Å². The normalized spacial score (nSPS) is 16.5. The van der Waals surface area contributed by atoms with E-state index >= 15 is 0 Å². The number of carbonyl (C=O) groups excluding carboxylic acids is 1. The molecular formula is C16H26N4O. The maximum atomic E-state index is 11.2. The topological polar surface area (TPSA) is 71.2 Å². The summed E-state index contributed by atoms with van der Waals surface area (Å²) in [5, 5.41) is 3.40. The van der Waals surface area contributed by atoms with Crippen molar-refractivity contribution in [2.45, 2.75) is 46.2 Å². The standard InChI is InChI=1S/C16H26N4O/c1-11(2)18-9-13-8-12(3)16(19-10-13)20-6-4-14(5-7-20)15(17)21/h8,10-11,14,18H,4-7,9H2,1-3H3,(H2,17,21). The van der Waals surface area contributed by atoms with Gasteiger partial charge in [-0.1, -0.05) is 13.8 Å². The summed E-state index contributed by atoms with van der Waals surface area (Å²) in [6, 6.07) is 2.66. The number of nitrogens with one attached hydrogen (secondary N) is 1. The zero-order valence-corrected chi connectivity index (χ0v) is 13.2. The minimum atomic E-state index is -0.172. The van der Waals surface area contributed by atoms with Gasteiger partial charge in [0.25, 0.3) is 0 Å². The Morgan fingerprint density at radius 1 is 1.48 bits per heavy atom. The minimum Gasteiger partial charge on any atom is -0.369 e. The van der Waals surface area contributed by atoms with E-state index in [0.29, 0.717) is 6.04 Å². The number of anilines is 1. The molecule has 2 rings (SSSR count). The van der Waals surface area contributed by atoms with Crippen LogP contribution >= 0.6 is 0 Å². The molecule has 0 atom stereocenters. The zero-order chi connectivity index (χ0) is 15.4. The van der Waals surface area contributed by atoms with E-state index < -0.39 is 0 Å². The number of aryl methyl sites for hydroxylation is 1. The summed E-state index contributed by atoms with van der Waals surface area (Å²) in [5.74, 6) is 0.886. The van der Waals surface area contributed by atoms with E-state index in [-0.39, 0.29) is 11.8 Å². The molecule has 0 radical (unpaired) electrons. The number of rotatable bonds is 5. The number of carbonyl (C=O) groups is 1. The first-order valence-electron chi connectivity index (χ1n) is 7.70. The molecule has 0 bridgehead atoms. The lowest BCUT2D eigenvalue weighted by Gasteiger charge is -2.32. The number of nitrogens with two attached hydrogens (primary N) is 1. The molecule has 0 saturated carbocycles. The van der Waals surface area contributed by atoms with Crippen LogP contribution in [0.5, 0.6) is 0 Å². The molecule has 116 valence electrons. The van der Waals surface area contributed by atoms with Crippen LogP contribution in [-0.4, -0.2) is 30.0 Å². The molecule has 2 heterocycles. The number of pyridine rings is 1. The number of hydrogen-bond donors (Lipinski definition) is 2. The first-order valence-corrected chi connectivity index (χ1v) is 7.70. The highest BCUT2D eigenvalue weighted by molar-refractivity contribution is 5.77. The van der Waals surface area contributed by atoms with Gasteiger partial charge in [-0.25, -0.2) is 4.98 Å². The molecule has 1 aliphatic rings. The Hall–Kier alpha value is -1.62. The van der Waals surface area contributed by atoms with E-state index in [1.165, 1.54) is 11.1 Å². The highest BCUT2D eigenvalue weighted by atomic mass is 16.1. The molecule has 5 heteroatoms. The first-order chi connectivity index (χ1) is 9.97. The number of nitrogens with zero attached hydrogens (tertiary/aromatic N) is 2. The molecule has 1 saturated heterocycles. The van der Waals surface area contributed by atoms with E-state index in [4.69, 9.17) is 5.73 Å². The second kappa shape index (κ2) is 6.89. The molecule has 0 aromatic carbocycles. The van der Waals surface area contributed by atoms with Gasteiger partial charge in [-0.15, -0.1) is 0 Å². The second-order valence-corrected chi connectivity index (χ2v) is 6.18. The molecule has 0 unspecified atom stereocenters. The SMILES string of the molecule is Cc1cc(CNC(C)C)cnc1N1CCC(C(N)=O)CC1. The summed E-state index contributed by atoms with van der Waals surface area (Å²) in [6.45, 7) is 8.92. The van der Waals surface area contributed by atoms with Crippen molar-refractivity contribution in [3.63, 3.8) is 0 Å². The van der Waals surface area contributed by atoms with Crippen LogP contribution in [0.3, 0.4) is 0 Å². The van der Waals surface area contributed by atoms with Gasteiger partial charge < -0.3 is 16.0 Å². The summed E-state index contributed by atoms with van der Waals surface area (Å²) < 4.78 is 0. The van der Waals surface area contributed by atoms with E-state index in [2.05, 4.69) is 42.0 Å². The van der Waals surface area contributed by atoms with Crippen LogP contribution in [0.4, 0.5) is 5.82 Å². The van der Waals surface area contributed by atoms with Crippen molar-refractivity contribution in [3.05, 3.63) is 23.4 Å². The Balaban J connectivity index is 1.99. The number of hydrogen-bond acceptors (Lipinski definition) is 4. The lowest BCUT2D eigenvalue weighted by Crippen LogP contribution is -2.39. The maximum absolute atomic E-state index is 11.2. The fourth-order valence-electron chi connectivity index (χ4n) is 2.75. The third kappa shape index (κ3) is 4.17. The van der Waals surface area contributed by atoms with E-state index in [9.17, 15) is 4.79 Å². The molecular weight excluding hydrogens is 264 g/mol. The van der Waals surface area contributed by atoms with Crippen molar-refractivity contribution in [2.75, 3.05) is 18.0 Å². The average Bonchev–Trinajstić information content (AvgIpc) is 2.45. The van der Waals surface area contributed by atoms with E-state index in [1.54, 1.807) is 0 Å². The van der Waals surface area contributed by atoms with Crippen LogP contribution in [0, 0.1) is 12.8 Å². The van der Waals surface area contributed by atoms with Gasteiger partial charge in [0.15, 0.2) is 0 Å².